The molecule has 0 amide bonds. The number of nitro benzene ring substituents is 1. The summed E-state index contributed by atoms with van der Waals surface area (Å²) in [4.78, 5) is 19.4. The van der Waals surface area contributed by atoms with Gasteiger partial charge in [-0.15, -0.1) is 0 Å². The number of nitrogens with zero attached hydrogens (tertiary/aromatic N) is 1. The van der Waals surface area contributed by atoms with E-state index >= 15 is 0 Å². The van der Waals surface area contributed by atoms with Crippen LogP contribution >= 0.6 is 11.6 Å². The van der Waals surface area contributed by atoms with Crippen molar-refractivity contribution in [3.8, 4) is 0 Å². The molecule has 0 aliphatic heterocycles. The van der Waals surface area contributed by atoms with Crippen LogP contribution in [0.2, 0.25) is 5.02 Å². The van der Waals surface area contributed by atoms with E-state index in [4.69, 9.17) is 16.7 Å². The molecule has 5 nitrogen and oxygen atoms in total. The van der Waals surface area contributed by atoms with Gasteiger partial charge >= 0.3 is 5.97 Å². The topological polar surface area (TPSA) is 80.4 Å². The van der Waals surface area contributed by atoms with Crippen LogP contribution in [0.5, 0.6) is 0 Å². The Kier molecular flexibility index (Phi) is 4.25. The SMILES string of the molecule is O=C(O)C1CC1.O=[N+]([O-])c1ccccc1Cl. The van der Waals surface area contributed by atoms with E-state index in [1.165, 1.54) is 12.1 Å². The minimum absolute atomic E-state index is 0.0185. The second-order valence-electron chi connectivity index (χ2n) is 3.32. The molecule has 0 saturated heterocycles. The summed E-state index contributed by atoms with van der Waals surface area (Å²) in [6, 6.07) is 6.07. The second-order valence-corrected chi connectivity index (χ2v) is 3.73. The molecule has 1 aromatic carbocycles. The van der Waals surface area contributed by atoms with Crippen LogP contribution in [0.3, 0.4) is 0 Å². The van der Waals surface area contributed by atoms with Gasteiger partial charge in [-0.2, -0.15) is 0 Å². The molecule has 1 aliphatic rings. The van der Waals surface area contributed by atoms with E-state index in [1.54, 1.807) is 12.1 Å². The van der Waals surface area contributed by atoms with Gasteiger partial charge in [0, 0.05) is 6.07 Å². The molecule has 1 aliphatic carbocycles. The molecule has 0 radical (unpaired) electrons. The molecule has 1 aromatic rings. The van der Waals surface area contributed by atoms with Crippen molar-refractivity contribution < 1.29 is 14.8 Å². The van der Waals surface area contributed by atoms with Crippen LogP contribution in [0.1, 0.15) is 12.8 Å². The van der Waals surface area contributed by atoms with Crippen molar-refractivity contribution >= 4 is 23.3 Å². The summed E-state index contributed by atoms with van der Waals surface area (Å²) >= 11 is 5.48. The fraction of sp³-hybridized carbons (Fsp3) is 0.300. The Morgan fingerprint density at radius 2 is 2.00 bits per heavy atom. The number of rotatable bonds is 2. The maximum atomic E-state index is 10.1. The molecule has 0 atom stereocenters. The predicted octanol–water partition coefficient (Wildman–Crippen LogP) is 2.73. The van der Waals surface area contributed by atoms with Crippen LogP contribution < -0.4 is 0 Å². The van der Waals surface area contributed by atoms with E-state index in [9.17, 15) is 14.9 Å². The maximum Gasteiger partial charge on any atom is 0.306 e. The van der Waals surface area contributed by atoms with Crippen LogP contribution in [0.15, 0.2) is 24.3 Å². The molecule has 6 heteroatoms. The highest BCUT2D eigenvalue weighted by atomic mass is 35.5. The van der Waals surface area contributed by atoms with Crippen molar-refractivity contribution in [2.75, 3.05) is 0 Å². The van der Waals surface area contributed by atoms with Crippen LogP contribution in [-0.2, 0) is 4.79 Å². The summed E-state index contributed by atoms with van der Waals surface area (Å²) in [5, 5.41) is 18.4. The van der Waals surface area contributed by atoms with Crippen molar-refractivity contribution in [2.24, 2.45) is 5.92 Å². The summed E-state index contributed by atoms with van der Waals surface area (Å²) in [5.41, 5.74) is -0.0517. The van der Waals surface area contributed by atoms with Gasteiger partial charge in [0.1, 0.15) is 5.02 Å². The van der Waals surface area contributed by atoms with Gasteiger partial charge in [0.2, 0.25) is 0 Å². The number of carboxylic acids is 1. The maximum absolute atomic E-state index is 10.1. The number of hydrogen-bond donors (Lipinski definition) is 1. The van der Waals surface area contributed by atoms with Crippen molar-refractivity contribution in [2.45, 2.75) is 12.8 Å². The highest BCUT2D eigenvalue weighted by Crippen LogP contribution is 2.28. The van der Waals surface area contributed by atoms with Gasteiger partial charge < -0.3 is 5.11 Å². The quantitative estimate of drug-likeness (QED) is 0.640. The first-order valence-electron chi connectivity index (χ1n) is 4.64. The van der Waals surface area contributed by atoms with E-state index in [2.05, 4.69) is 0 Å². The van der Waals surface area contributed by atoms with Gasteiger partial charge in [0.05, 0.1) is 10.8 Å². The Hall–Kier alpha value is -1.62. The lowest BCUT2D eigenvalue weighted by atomic mass is 10.3. The lowest BCUT2D eigenvalue weighted by Gasteiger charge is -1.90. The predicted molar refractivity (Wildman–Crippen MR) is 58.5 cm³/mol. The third kappa shape index (κ3) is 3.86. The molecule has 16 heavy (non-hydrogen) atoms. The number of aliphatic carboxylic acids is 1. The largest absolute Gasteiger partial charge is 0.481 e. The van der Waals surface area contributed by atoms with Gasteiger partial charge in [-0.3, -0.25) is 14.9 Å². The average molecular weight is 244 g/mol. The highest BCUT2D eigenvalue weighted by Gasteiger charge is 2.28. The first-order valence-corrected chi connectivity index (χ1v) is 5.02. The number of nitro groups is 1. The molecule has 0 unspecified atom stereocenters. The first kappa shape index (κ1) is 12.4. The fourth-order valence-electron chi connectivity index (χ4n) is 0.930. The van der Waals surface area contributed by atoms with Crippen molar-refractivity contribution in [3.05, 3.63) is 39.4 Å². The minimum Gasteiger partial charge on any atom is -0.481 e. The van der Waals surface area contributed by atoms with Gasteiger partial charge in [-0.25, -0.2) is 0 Å². The fourth-order valence-corrected chi connectivity index (χ4v) is 1.13. The van der Waals surface area contributed by atoms with E-state index in [0.29, 0.717) is 0 Å². The van der Waals surface area contributed by atoms with Crippen molar-refractivity contribution in [1.29, 1.82) is 0 Å². The Bertz CT molecular complexity index is 404. The van der Waals surface area contributed by atoms with Gasteiger partial charge in [0.15, 0.2) is 0 Å². The molecular weight excluding hydrogens is 234 g/mol. The normalized spacial score (nSPS) is 13.6. The van der Waals surface area contributed by atoms with Gasteiger partial charge in [0.25, 0.3) is 5.69 Å². The van der Waals surface area contributed by atoms with E-state index in [0.717, 1.165) is 12.8 Å². The number of benzene rings is 1. The molecule has 0 bridgehead atoms. The summed E-state index contributed by atoms with van der Waals surface area (Å²) in [6.07, 6.45) is 1.80. The van der Waals surface area contributed by atoms with Gasteiger partial charge in [-0.05, 0) is 18.9 Å². The van der Waals surface area contributed by atoms with Crippen molar-refractivity contribution in [3.63, 3.8) is 0 Å². The standard InChI is InChI=1S/C6H4ClNO2.C4H6O2/c7-5-3-1-2-4-6(5)8(9)10;5-4(6)3-1-2-3/h1-4H;3H,1-2H2,(H,5,6). The monoisotopic (exact) mass is 243 g/mol. The average Bonchev–Trinajstić information content (AvgIpc) is 3.01. The van der Waals surface area contributed by atoms with Crippen LogP contribution in [0.4, 0.5) is 5.69 Å². The third-order valence-electron chi connectivity index (χ3n) is 1.98. The molecule has 0 aromatic heterocycles. The van der Waals surface area contributed by atoms with E-state index in [1.807, 2.05) is 0 Å². The third-order valence-corrected chi connectivity index (χ3v) is 2.30. The van der Waals surface area contributed by atoms with Gasteiger partial charge in [-0.1, -0.05) is 23.7 Å². The minimum atomic E-state index is -0.630. The lowest BCUT2D eigenvalue weighted by molar-refractivity contribution is -0.384. The van der Waals surface area contributed by atoms with E-state index in [-0.39, 0.29) is 16.6 Å². The zero-order chi connectivity index (χ0) is 12.1. The number of para-hydroxylation sites is 1. The molecule has 0 heterocycles. The van der Waals surface area contributed by atoms with Crippen LogP contribution in [-0.4, -0.2) is 16.0 Å². The second kappa shape index (κ2) is 5.46. The lowest BCUT2D eigenvalue weighted by Crippen LogP contribution is -1.94. The number of hydrogen-bond acceptors (Lipinski definition) is 3. The molecule has 1 fully saturated rings. The Labute approximate surface area is 96.8 Å². The summed E-state index contributed by atoms with van der Waals surface area (Å²) < 4.78 is 0. The smallest absolute Gasteiger partial charge is 0.306 e. The van der Waals surface area contributed by atoms with Crippen molar-refractivity contribution in [1.82, 2.24) is 0 Å². The Balaban J connectivity index is 0.000000181. The van der Waals surface area contributed by atoms with E-state index < -0.39 is 10.9 Å². The first-order chi connectivity index (χ1) is 7.52. The molecule has 86 valence electrons. The molecule has 0 spiro atoms. The Morgan fingerprint density at radius 1 is 1.44 bits per heavy atom. The summed E-state index contributed by atoms with van der Waals surface area (Å²) in [7, 11) is 0. The zero-order valence-corrected chi connectivity index (χ0v) is 9.05. The Morgan fingerprint density at radius 3 is 2.25 bits per heavy atom. The molecule has 2 rings (SSSR count). The number of halogens is 1. The van der Waals surface area contributed by atoms with Crippen LogP contribution in [0, 0.1) is 16.0 Å². The summed E-state index contributed by atoms with van der Waals surface area (Å²) in [6.45, 7) is 0. The number of carbonyl (C=O) groups is 1. The molecule has 1 N–H and O–H groups in total. The zero-order valence-electron chi connectivity index (χ0n) is 8.30. The molecular formula is C10H10ClNO4. The van der Waals surface area contributed by atoms with Crippen LogP contribution in [0.25, 0.3) is 0 Å². The number of carboxylic acid groups (broad SMARTS) is 1. The molecule has 1 saturated carbocycles. The summed E-state index contributed by atoms with van der Waals surface area (Å²) in [5.74, 6) is -0.611. The highest BCUT2D eigenvalue weighted by molar-refractivity contribution is 6.32.